The zero-order valence-corrected chi connectivity index (χ0v) is 22.4. The van der Waals surface area contributed by atoms with E-state index in [1.54, 1.807) is 29.2 Å². The van der Waals surface area contributed by atoms with Crippen molar-refractivity contribution in [3.63, 3.8) is 0 Å². The van der Waals surface area contributed by atoms with Gasteiger partial charge < -0.3 is 14.7 Å². The number of ether oxygens (including phenoxy) is 1. The summed E-state index contributed by atoms with van der Waals surface area (Å²) in [5, 5.41) is 10.9. The van der Waals surface area contributed by atoms with Crippen LogP contribution >= 0.6 is 34.8 Å². The lowest BCUT2D eigenvalue weighted by atomic mass is 9.87. The largest absolute Gasteiger partial charge is 0.471 e. The second kappa shape index (κ2) is 9.71. The van der Waals surface area contributed by atoms with E-state index in [0.29, 0.717) is 38.6 Å². The number of halogens is 3. The maximum atomic E-state index is 13.1. The minimum atomic E-state index is -1.10. The highest BCUT2D eigenvalue weighted by atomic mass is 35.5. The maximum Gasteiger partial charge on any atom is 0.407 e. The Hall–Kier alpha value is -3.00. The van der Waals surface area contributed by atoms with Gasteiger partial charge in [0.15, 0.2) is 0 Å². The number of piperazine rings is 1. The Morgan fingerprint density at radius 1 is 1.03 bits per heavy atom. The quantitative estimate of drug-likeness (QED) is 0.381. The Morgan fingerprint density at radius 2 is 1.73 bits per heavy atom. The highest BCUT2D eigenvalue weighted by Crippen LogP contribution is 2.47. The van der Waals surface area contributed by atoms with E-state index in [9.17, 15) is 14.7 Å². The van der Waals surface area contributed by atoms with Gasteiger partial charge in [-0.25, -0.2) is 9.78 Å². The summed E-state index contributed by atoms with van der Waals surface area (Å²) in [7, 11) is 0. The van der Waals surface area contributed by atoms with E-state index in [1.165, 1.54) is 0 Å². The maximum absolute atomic E-state index is 13.1. The van der Waals surface area contributed by atoms with E-state index in [4.69, 9.17) is 44.5 Å². The minimum absolute atomic E-state index is 0.182. The van der Waals surface area contributed by atoms with Crippen LogP contribution in [-0.4, -0.2) is 57.1 Å². The van der Waals surface area contributed by atoms with E-state index < -0.39 is 11.7 Å². The van der Waals surface area contributed by atoms with Gasteiger partial charge in [-0.15, -0.1) is 0 Å². The first-order valence-electron chi connectivity index (χ1n) is 11.7. The number of benzene rings is 2. The van der Waals surface area contributed by atoms with Crippen molar-refractivity contribution in [3.05, 3.63) is 69.2 Å². The van der Waals surface area contributed by atoms with E-state index in [-0.39, 0.29) is 31.6 Å². The average molecular weight is 561 g/mol. The van der Waals surface area contributed by atoms with Gasteiger partial charge >= 0.3 is 6.09 Å². The first-order valence-corrected chi connectivity index (χ1v) is 12.9. The number of hydrogen-bond donors (Lipinski definition) is 1. The molecule has 1 saturated heterocycles. The van der Waals surface area contributed by atoms with Crippen molar-refractivity contribution >= 4 is 46.8 Å². The number of carbonyl (C=O) groups excluding carboxylic acids is 1. The van der Waals surface area contributed by atoms with Crippen molar-refractivity contribution in [2.75, 3.05) is 19.6 Å². The molecule has 10 heteroatoms. The second-order valence-electron chi connectivity index (χ2n) is 9.78. The van der Waals surface area contributed by atoms with E-state index in [0.717, 1.165) is 21.6 Å². The van der Waals surface area contributed by atoms with Crippen LogP contribution in [0.3, 0.4) is 0 Å². The zero-order chi connectivity index (χ0) is 26.5. The third-order valence-electron chi connectivity index (χ3n) is 6.68. The molecule has 3 heterocycles. The Kier molecular flexibility index (Phi) is 6.73. The number of pyridine rings is 1. The normalized spacial score (nSPS) is 18.8. The van der Waals surface area contributed by atoms with E-state index in [1.807, 2.05) is 38.1 Å². The summed E-state index contributed by atoms with van der Waals surface area (Å²) < 4.78 is 6.33. The van der Waals surface area contributed by atoms with E-state index >= 15 is 0 Å². The van der Waals surface area contributed by atoms with Gasteiger partial charge in [0.05, 0.1) is 16.8 Å². The predicted octanol–water partition coefficient (Wildman–Crippen LogP) is 6.80. The van der Waals surface area contributed by atoms with Gasteiger partial charge in [0.1, 0.15) is 12.1 Å². The fourth-order valence-corrected chi connectivity index (χ4v) is 5.53. The van der Waals surface area contributed by atoms with E-state index in [2.05, 4.69) is 0 Å². The fraction of sp³-hybridized carbons (Fsp3) is 0.296. The number of aromatic nitrogens is 1. The molecule has 1 unspecified atom stereocenters. The lowest BCUT2D eigenvalue weighted by molar-refractivity contribution is -0.140. The van der Waals surface area contributed by atoms with Gasteiger partial charge in [0.2, 0.25) is 11.8 Å². The molecule has 0 spiro atoms. The first-order chi connectivity index (χ1) is 17.5. The summed E-state index contributed by atoms with van der Waals surface area (Å²) in [6.45, 7) is 4.24. The smallest absolute Gasteiger partial charge is 0.407 e. The van der Waals surface area contributed by atoms with Crippen LogP contribution in [0.2, 0.25) is 15.1 Å². The zero-order valence-electron chi connectivity index (χ0n) is 20.2. The van der Waals surface area contributed by atoms with Crippen LogP contribution in [0, 0.1) is 0 Å². The third-order valence-corrected chi connectivity index (χ3v) is 7.48. The van der Waals surface area contributed by atoms with Crippen molar-refractivity contribution in [3.8, 4) is 28.3 Å². The topological polar surface area (TPSA) is 83.0 Å². The predicted molar refractivity (Wildman–Crippen MR) is 144 cm³/mol. The molecule has 1 aromatic heterocycles. The molecule has 37 heavy (non-hydrogen) atoms. The van der Waals surface area contributed by atoms with Gasteiger partial charge in [-0.3, -0.25) is 9.69 Å². The van der Waals surface area contributed by atoms with Crippen LogP contribution < -0.4 is 4.74 Å². The van der Waals surface area contributed by atoms with Crippen LogP contribution in [0.4, 0.5) is 4.79 Å². The van der Waals surface area contributed by atoms with Gasteiger partial charge in [0, 0.05) is 46.2 Å². The summed E-state index contributed by atoms with van der Waals surface area (Å²) in [5.41, 5.74) is 3.11. The van der Waals surface area contributed by atoms with Crippen molar-refractivity contribution in [2.45, 2.75) is 31.9 Å². The Morgan fingerprint density at radius 3 is 2.38 bits per heavy atom. The van der Waals surface area contributed by atoms with Gasteiger partial charge in [-0.1, -0.05) is 46.9 Å². The fourth-order valence-electron chi connectivity index (χ4n) is 4.90. The molecule has 0 bridgehead atoms. The lowest BCUT2D eigenvalue weighted by Gasteiger charge is -2.44. The average Bonchev–Trinajstić information content (AvgIpc) is 2.83. The molecule has 2 aliphatic heterocycles. The molecule has 0 saturated carbocycles. The molecule has 0 aliphatic carbocycles. The van der Waals surface area contributed by atoms with Crippen molar-refractivity contribution in [2.24, 2.45) is 0 Å². The van der Waals surface area contributed by atoms with Crippen molar-refractivity contribution < 1.29 is 19.4 Å². The lowest BCUT2D eigenvalue weighted by Crippen LogP contribution is -2.54. The number of amides is 2. The SMILES string of the molecule is CC1(C)CC(N2CCN(C(=O)O)CC2=O)c2cc(-c3ccc(Cl)cc3)c(-c3ccc(Cl)cc3Cl)nc2O1. The number of fused-ring (bicyclic) bond motifs is 1. The second-order valence-corrected chi connectivity index (χ2v) is 11.1. The summed E-state index contributed by atoms with van der Waals surface area (Å²) in [6.07, 6.45) is -0.571. The molecule has 2 aliphatic rings. The van der Waals surface area contributed by atoms with Gasteiger partial charge in [-0.2, -0.15) is 0 Å². The molecule has 0 radical (unpaired) electrons. The van der Waals surface area contributed by atoms with Crippen molar-refractivity contribution in [1.29, 1.82) is 0 Å². The number of nitrogens with zero attached hydrogens (tertiary/aromatic N) is 3. The van der Waals surface area contributed by atoms with Gasteiger partial charge in [-0.05, 0) is 55.8 Å². The monoisotopic (exact) mass is 559 g/mol. The molecule has 2 amide bonds. The summed E-state index contributed by atoms with van der Waals surface area (Å²) in [4.78, 5) is 32.4. The first kappa shape index (κ1) is 25.6. The minimum Gasteiger partial charge on any atom is -0.471 e. The third kappa shape index (κ3) is 5.08. The summed E-state index contributed by atoms with van der Waals surface area (Å²) >= 11 is 18.9. The van der Waals surface area contributed by atoms with Crippen LogP contribution in [0.1, 0.15) is 31.9 Å². The molecule has 3 aromatic rings. The van der Waals surface area contributed by atoms with Crippen molar-refractivity contribution in [1.82, 2.24) is 14.8 Å². The number of carbonyl (C=O) groups is 2. The Balaban J connectivity index is 1.68. The summed E-state index contributed by atoms with van der Waals surface area (Å²) in [6, 6.07) is 14.3. The molecular weight excluding hydrogens is 537 g/mol. The molecule has 5 rings (SSSR count). The molecule has 1 N–H and O–H groups in total. The highest BCUT2D eigenvalue weighted by molar-refractivity contribution is 6.36. The number of hydrogen-bond acceptors (Lipinski definition) is 4. The molecule has 2 aromatic carbocycles. The standard InChI is InChI=1S/C27H24Cl3N3O4/c1-27(2)13-22(33-10-9-32(26(35)36)14-23(33)34)20-12-19(15-3-5-16(28)6-4-15)24(31-25(20)37-27)18-8-7-17(29)11-21(18)30/h3-8,11-12,22H,9-10,13-14H2,1-2H3,(H,35,36). The summed E-state index contributed by atoms with van der Waals surface area (Å²) in [5.74, 6) is 0.161. The van der Waals surface area contributed by atoms with Crippen LogP contribution in [0.25, 0.3) is 22.4 Å². The number of carboxylic acid groups (broad SMARTS) is 1. The van der Waals surface area contributed by atoms with Crippen LogP contribution in [0.5, 0.6) is 5.88 Å². The van der Waals surface area contributed by atoms with Gasteiger partial charge in [0.25, 0.3) is 0 Å². The molecule has 7 nitrogen and oxygen atoms in total. The molecule has 1 fully saturated rings. The Bertz CT molecular complexity index is 1390. The molecular formula is C27H24Cl3N3O4. The molecule has 192 valence electrons. The van der Waals surface area contributed by atoms with Crippen LogP contribution in [0.15, 0.2) is 48.5 Å². The Labute approximate surface area is 229 Å². The number of rotatable bonds is 3. The highest BCUT2D eigenvalue weighted by Gasteiger charge is 2.42. The van der Waals surface area contributed by atoms with Crippen LogP contribution in [-0.2, 0) is 4.79 Å². The molecule has 1 atom stereocenters.